The number of allylic oxidation sites excluding steroid dienone is 1. The lowest BCUT2D eigenvalue weighted by Crippen LogP contribution is -2.36. The number of non-ortho nitro benzene ring substituents is 1. The van der Waals surface area contributed by atoms with Gasteiger partial charge in [-0.2, -0.15) is 0 Å². The number of esters is 1. The Hall–Kier alpha value is -4.34. The molecule has 0 saturated heterocycles. The second-order valence-corrected chi connectivity index (χ2v) is 7.13. The van der Waals surface area contributed by atoms with Crippen LogP contribution < -0.4 is 0 Å². The van der Waals surface area contributed by atoms with E-state index in [9.17, 15) is 19.7 Å². The zero-order valence-electron chi connectivity index (χ0n) is 17.2. The fourth-order valence-electron chi connectivity index (χ4n) is 3.83. The molecule has 3 heterocycles. The Bertz CT molecular complexity index is 1220. The number of methoxy groups -OCH3 is 1. The molecule has 10 nitrogen and oxygen atoms in total. The van der Waals surface area contributed by atoms with Crippen molar-refractivity contribution >= 4 is 29.0 Å². The molecule has 3 aromatic rings. The van der Waals surface area contributed by atoms with Crippen LogP contribution in [0.2, 0.25) is 0 Å². The molecule has 0 aliphatic carbocycles. The van der Waals surface area contributed by atoms with Crippen molar-refractivity contribution in [3.63, 3.8) is 0 Å². The van der Waals surface area contributed by atoms with E-state index < -0.39 is 28.6 Å². The van der Waals surface area contributed by atoms with Gasteiger partial charge in [-0.05, 0) is 18.6 Å². The molecule has 162 valence electrons. The second-order valence-electron chi connectivity index (χ2n) is 7.13. The first-order valence-electron chi connectivity index (χ1n) is 9.59. The summed E-state index contributed by atoms with van der Waals surface area (Å²) >= 11 is 0. The molecule has 2 unspecified atom stereocenters. The van der Waals surface area contributed by atoms with E-state index in [-0.39, 0.29) is 11.3 Å². The van der Waals surface area contributed by atoms with E-state index in [0.717, 1.165) is 0 Å². The molecule has 0 N–H and O–H groups in total. The van der Waals surface area contributed by atoms with Gasteiger partial charge in [-0.25, -0.2) is 4.98 Å². The number of rotatable bonds is 5. The average molecular weight is 434 g/mol. The van der Waals surface area contributed by atoms with Crippen molar-refractivity contribution in [3.05, 3.63) is 88.4 Å². The van der Waals surface area contributed by atoms with Crippen LogP contribution in [-0.4, -0.2) is 39.2 Å². The van der Waals surface area contributed by atoms with Crippen LogP contribution >= 0.6 is 0 Å². The summed E-state index contributed by atoms with van der Waals surface area (Å²) in [7, 11) is 1.26. The van der Waals surface area contributed by atoms with Gasteiger partial charge in [-0.3, -0.25) is 29.3 Å². The molecule has 1 aromatic carbocycles. The van der Waals surface area contributed by atoms with Crippen molar-refractivity contribution in [2.45, 2.75) is 12.8 Å². The third kappa shape index (κ3) is 3.62. The highest BCUT2D eigenvalue weighted by molar-refractivity contribution is 6.13. The molecule has 0 radical (unpaired) electrons. The third-order valence-corrected chi connectivity index (χ3v) is 5.32. The number of ether oxygens (including phenoxy) is 1. The lowest BCUT2D eigenvalue weighted by molar-refractivity contribution is -0.384. The number of carbonyl (C=O) groups is 2. The van der Waals surface area contributed by atoms with Crippen LogP contribution in [0, 0.1) is 16.0 Å². The molecule has 10 heteroatoms. The number of benzene rings is 1. The van der Waals surface area contributed by atoms with Gasteiger partial charge in [0, 0.05) is 41.7 Å². The predicted molar refractivity (Wildman–Crippen MR) is 113 cm³/mol. The molecule has 1 aliphatic rings. The van der Waals surface area contributed by atoms with Gasteiger partial charge in [-0.15, -0.1) is 0 Å². The highest BCUT2D eigenvalue weighted by Crippen LogP contribution is 2.43. The summed E-state index contributed by atoms with van der Waals surface area (Å²) in [6.07, 6.45) is 7.23. The molecule has 0 amide bonds. The fraction of sp³-hybridized carbons (Fsp3) is 0.182. The molecule has 0 fully saturated rings. The second kappa shape index (κ2) is 8.42. The number of aromatic nitrogens is 2. The SMILES string of the molecule is COC(=O)C1C(C)=NC(c2ccoc2)=C(C(=O)n2ccnc2)C1c1ccc([N+](=O)[O-])cc1. The van der Waals surface area contributed by atoms with Gasteiger partial charge in [0.25, 0.3) is 11.6 Å². The minimum atomic E-state index is -0.903. The van der Waals surface area contributed by atoms with Crippen molar-refractivity contribution in [1.82, 2.24) is 9.55 Å². The molecule has 2 atom stereocenters. The summed E-state index contributed by atoms with van der Waals surface area (Å²) in [5, 5.41) is 11.1. The van der Waals surface area contributed by atoms with Crippen LogP contribution in [0.1, 0.15) is 28.8 Å². The van der Waals surface area contributed by atoms with Crippen LogP contribution in [-0.2, 0) is 9.53 Å². The number of imidazole rings is 1. The first kappa shape index (κ1) is 20.9. The van der Waals surface area contributed by atoms with Gasteiger partial charge < -0.3 is 9.15 Å². The Kier molecular flexibility index (Phi) is 5.50. The molecule has 0 bridgehead atoms. The highest BCUT2D eigenvalue weighted by atomic mass is 16.6. The van der Waals surface area contributed by atoms with Gasteiger partial charge in [0.2, 0.25) is 0 Å². The number of nitro benzene ring substituents is 1. The fourth-order valence-corrected chi connectivity index (χ4v) is 3.83. The third-order valence-electron chi connectivity index (χ3n) is 5.32. The van der Waals surface area contributed by atoms with E-state index in [2.05, 4.69) is 9.98 Å². The quantitative estimate of drug-likeness (QED) is 0.341. The summed E-state index contributed by atoms with van der Waals surface area (Å²) in [5.74, 6) is -2.72. The molecule has 2 aromatic heterocycles. The maximum atomic E-state index is 13.6. The lowest BCUT2D eigenvalue weighted by Gasteiger charge is -2.32. The van der Waals surface area contributed by atoms with Crippen molar-refractivity contribution in [2.75, 3.05) is 7.11 Å². The summed E-state index contributed by atoms with van der Waals surface area (Å²) in [4.78, 5) is 45.5. The Morgan fingerprint density at radius 1 is 1.22 bits per heavy atom. The van der Waals surface area contributed by atoms with E-state index in [4.69, 9.17) is 9.15 Å². The monoisotopic (exact) mass is 434 g/mol. The van der Waals surface area contributed by atoms with Gasteiger partial charge in [-0.1, -0.05) is 12.1 Å². The van der Waals surface area contributed by atoms with Gasteiger partial charge >= 0.3 is 5.97 Å². The standard InChI is InChI=1S/C22H18N4O6/c1-13-17(22(28)31-2)18(14-3-5-16(6-4-14)26(29)30)19(21(27)25-9-8-23-12-25)20(24-13)15-7-10-32-11-15/h3-12,17-18H,1-2H3. The molecule has 32 heavy (non-hydrogen) atoms. The van der Waals surface area contributed by atoms with Gasteiger partial charge in [0.1, 0.15) is 12.2 Å². The summed E-state index contributed by atoms with van der Waals surface area (Å²) in [6, 6.07) is 7.40. The van der Waals surface area contributed by atoms with Crippen LogP contribution in [0.4, 0.5) is 5.69 Å². The smallest absolute Gasteiger partial charge is 0.315 e. The molecular formula is C22H18N4O6. The first-order chi connectivity index (χ1) is 15.4. The van der Waals surface area contributed by atoms with E-state index >= 15 is 0 Å². The minimum Gasteiger partial charge on any atom is -0.472 e. The Labute approximate surface area is 182 Å². The number of nitrogens with zero attached hydrogens (tertiary/aromatic N) is 4. The van der Waals surface area contributed by atoms with Crippen molar-refractivity contribution in [3.8, 4) is 0 Å². The Morgan fingerprint density at radius 2 is 1.97 bits per heavy atom. The van der Waals surface area contributed by atoms with Gasteiger partial charge in [0.15, 0.2) is 0 Å². The predicted octanol–water partition coefficient (Wildman–Crippen LogP) is 3.48. The first-order valence-corrected chi connectivity index (χ1v) is 9.59. The maximum Gasteiger partial charge on any atom is 0.315 e. The maximum absolute atomic E-state index is 13.6. The summed E-state index contributed by atoms with van der Waals surface area (Å²) in [5.41, 5.74) is 2.00. The van der Waals surface area contributed by atoms with Crippen LogP contribution in [0.5, 0.6) is 0 Å². The molecule has 0 saturated carbocycles. The summed E-state index contributed by atoms with van der Waals surface area (Å²) in [6.45, 7) is 1.68. The minimum absolute atomic E-state index is 0.105. The van der Waals surface area contributed by atoms with E-state index in [1.54, 1.807) is 13.0 Å². The number of aliphatic imine (C=N–C) groups is 1. The normalized spacial score (nSPS) is 18.2. The number of nitro groups is 1. The van der Waals surface area contributed by atoms with Crippen LogP contribution in [0.25, 0.3) is 5.70 Å². The largest absolute Gasteiger partial charge is 0.472 e. The van der Waals surface area contributed by atoms with E-state index in [1.807, 2.05) is 0 Å². The van der Waals surface area contributed by atoms with Crippen molar-refractivity contribution < 1.29 is 23.7 Å². The number of furan rings is 1. The van der Waals surface area contributed by atoms with E-state index in [1.165, 1.54) is 67.2 Å². The molecular weight excluding hydrogens is 416 g/mol. The average Bonchev–Trinajstić information content (AvgIpc) is 3.52. The Balaban J connectivity index is 1.98. The van der Waals surface area contributed by atoms with Crippen molar-refractivity contribution in [2.24, 2.45) is 10.9 Å². The lowest BCUT2D eigenvalue weighted by atomic mass is 9.74. The number of hydrogen-bond acceptors (Lipinski definition) is 8. The summed E-state index contributed by atoms with van der Waals surface area (Å²) < 4.78 is 11.5. The molecule has 1 aliphatic heterocycles. The molecule has 0 spiro atoms. The highest BCUT2D eigenvalue weighted by Gasteiger charge is 2.43. The Morgan fingerprint density at radius 3 is 2.53 bits per heavy atom. The van der Waals surface area contributed by atoms with E-state index in [0.29, 0.717) is 22.5 Å². The van der Waals surface area contributed by atoms with Crippen LogP contribution in [0.3, 0.4) is 0 Å². The zero-order chi connectivity index (χ0) is 22.8. The zero-order valence-corrected chi connectivity index (χ0v) is 17.2. The molecule has 4 rings (SSSR count). The van der Waals surface area contributed by atoms with Crippen molar-refractivity contribution in [1.29, 1.82) is 0 Å². The number of carbonyl (C=O) groups excluding carboxylic acids is 2. The van der Waals surface area contributed by atoms with Gasteiger partial charge in [0.05, 0.1) is 35.8 Å². The number of hydrogen-bond donors (Lipinski definition) is 0. The van der Waals surface area contributed by atoms with Crippen LogP contribution in [0.15, 0.2) is 76.6 Å². The topological polar surface area (TPSA) is 130 Å².